The van der Waals surface area contributed by atoms with Crippen molar-refractivity contribution in [1.82, 2.24) is 4.98 Å². The van der Waals surface area contributed by atoms with Crippen LogP contribution >= 0.6 is 22.7 Å². The topological polar surface area (TPSA) is 30.0 Å². The molecule has 0 aliphatic carbocycles. The molecule has 0 aliphatic heterocycles. The lowest BCUT2D eigenvalue weighted by atomic mass is 10.1. The fourth-order valence-electron chi connectivity index (χ4n) is 1.24. The van der Waals surface area contributed by atoms with Crippen LogP contribution in [-0.4, -0.2) is 10.8 Å². The van der Waals surface area contributed by atoms with Crippen LogP contribution in [0.15, 0.2) is 17.0 Å². The Balaban J connectivity index is 2.33. The van der Waals surface area contributed by atoms with Crippen molar-refractivity contribution in [1.29, 1.82) is 0 Å². The third-order valence-corrected chi connectivity index (χ3v) is 3.97. The number of aromatic nitrogens is 1. The van der Waals surface area contributed by atoms with Gasteiger partial charge in [-0.05, 0) is 17.9 Å². The van der Waals surface area contributed by atoms with E-state index in [1.54, 1.807) is 17.7 Å². The van der Waals surface area contributed by atoms with Crippen molar-refractivity contribution >= 4 is 28.5 Å². The Hall–Kier alpha value is -1.21. The highest BCUT2D eigenvalue weighted by atomic mass is 32.1. The van der Waals surface area contributed by atoms with Crippen molar-refractivity contribution in [3.8, 4) is 0 Å². The number of halogens is 3. The maximum absolute atomic E-state index is 12.3. The molecule has 0 amide bonds. The maximum Gasteiger partial charge on any atom is 0.443 e. The van der Waals surface area contributed by atoms with E-state index in [-0.39, 0.29) is 4.88 Å². The zero-order valence-electron chi connectivity index (χ0n) is 8.54. The van der Waals surface area contributed by atoms with Gasteiger partial charge in [-0.15, -0.1) is 11.3 Å². The van der Waals surface area contributed by atoms with Crippen LogP contribution in [-0.2, 0) is 6.18 Å². The molecule has 7 heteroatoms. The second-order valence-corrected chi connectivity index (χ2v) is 5.10. The van der Waals surface area contributed by atoms with E-state index in [4.69, 9.17) is 0 Å². The highest BCUT2D eigenvalue weighted by Gasteiger charge is 2.35. The van der Waals surface area contributed by atoms with E-state index < -0.39 is 17.0 Å². The molecule has 0 aliphatic rings. The second kappa shape index (κ2) is 4.23. The molecule has 0 spiro atoms. The summed E-state index contributed by atoms with van der Waals surface area (Å²) in [4.78, 5) is 15.1. The number of carbonyl (C=O) groups excluding carboxylic acids is 1. The molecule has 17 heavy (non-hydrogen) atoms. The van der Waals surface area contributed by atoms with Crippen LogP contribution in [0.3, 0.4) is 0 Å². The predicted molar refractivity (Wildman–Crippen MR) is 59.6 cm³/mol. The number of hydrogen-bond acceptors (Lipinski definition) is 4. The van der Waals surface area contributed by atoms with Crippen LogP contribution in [0.25, 0.3) is 0 Å². The van der Waals surface area contributed by atoms with Crippen LogP contribution in [0.4, 0.5) is 13.2 Å². The summed E-state index contributed by atoms with van der Waals surface area (Å²) in [5, 5.41) is 2.41. The Labute approximate surface area is 103 Å². The summed E-state index contributed by atoms with van der Waals surface area (Å²) < 4.78 is 37.0. The predicted octanol–water partition coefficient (Wildman–Crippen LogP) is 3.76. The minimum Gasteiger partial charge on any atom is -0.288 e. The second-order valence-electron chi connectivity index (χ2n) is 3.33. The number of carbonyl (C=O) groups is 1. The van der Waals surface area contributed by atoms with Gasteiger partial charge in [0.05, 0.1) is 4.88 Å². The molecule has 2 rings (SSSR count). The van der Waals surface area contributed by atoms with E-state index in [9.17, 15) is 18.0 Å². The Morgan fingerprint density at radius 3 is 2.53 bits per heavy atom. The molecule has 0 atom stereocenters. The molecule has 0 saturated heterocycles. The summed E-state index contributed by atoms with van der Waals surface area (Å²) in [5.41, 5.74) is 1.20. The van der Waals surface area contributed by atoms with Gasteiger partial charge in [-0.2, -0.15) is 24.5 Å². The lowest BCUT2D eigenvalue weighted by molar-refractivity contribution is -0.137. The van der Waals surface area contributed by atoms with Crippen LogP contribution in [0.2, 0.25) is 0 Å². The fourth-order valence-corrected chi connectivity index (χ4v) is 2.80. The number of thiazole rings is 1. The van der Waals surface area contributed by atoms with Gasteiger partial charge in [0.1, 0.15) is 0 Å². The molecule has 0 aromatic carbocycles. The third-order valence-electron chi connectivity index (χ3n) is 2.07. The number of hydrogen-bond donors (Lipinski definition) is 0. The highest BCUT2D eigenvalue weighted by molar-refractivity contribution is 7.14. The SMILES string of the molecule is Cc1cscc1C(=O)c1cnc(C(F)(F)F)s1. The molecule has 0 radical (unpaired) electrons. The first-order valence-electron chi connectivity index (χ1n) is 4.50. The number of thiophene rings is 1. The molecule has 0 saturated carbocycles. The number of ketones is 1. The van der Waals surface area contributed by atoms with Gasteiger partial charge in [-0.3, -0.25) is 4.79 Å². The van der Waals surface area contributed by atoms with Gasteiger partial charge in [0.2, 0.25) is 5.78 Å². The van der Waals surface area contributed by atoms with E-state index in [1.165, 1.54) is 11.3 Å². The van der Waals surface area contributed by atoms with E-state index in [0.29, 0.717) is 16.9 Å². The monoisotopic (exact) mass is 277 g/mol. The van der Waals surface area contributed by atoms with Crippen molar-refractivity contribution < 1.29 is 18.0 Å². The molecule has 2 heterocycles. The molecule has 0 N–H and O–H groups in total. The summed E-state index contributed by atoms with van der Waals surface area (Å²) in [5.74, 6) is -0.406. The quantitative estimate of drug-likeness (QED) is 0.782. The average Bonchev–Trinajstić information content (AvgIpc) is 2.83. The Morgan fingerprint density at radius 1 is 1.35 bits per heavy atom. The number of alkyl halides is 3. The number of aryl methyl sites for hydroxylation is 1. The third kappa shape index (κ3) is 2.39. The standard InChI is InChI=1S/C10H6F3NOS2/c1-5-3-16-4-6(5)8(15)7-2-14-9(17-7)10(11,12)13/h2-4H,1H3. The Morgan fingerprint density at radius 2 is 2.06 bits per heavy atom. The summed E-state index contributed by atoms with van der Waals surface area (Å²) in [6.07, 6.45) is -3.51. The summed E-state index contributed by atoms with van der Waals surface area (Å²) in [7, 11) is 0. The van der Waals surface area contributed by atoms with E-state index in [0.717, 1.165) is 11.8 Å². The first-order valence-corrected chi connectivity index (χ1v) is 6.26. The van der Waals surface area contributed by atoms with Gasteiger partial charge >= 0.3 is 6.18 Å². The lowest BCUT2D eigenvalue weighted by Crippen LogP contribution is -2.03. The summed E-state index contributed by atoms with van der Waals surface area (Å²) in [6.45, 7) is 1.75. The molecule has 0 bridgehead atoms. The molecule has 2 nitrogen and oxygen atoms in total. The zero-order valence-corrected chi connectivity index (χ0v) is 10.2. The van der Waals surface area contributed by atoms with Crippen molar-refractivity contribution in [3.05, 3.63) is 38.0 Å². The van der Waals surface area contributed by atoms with Crippen molar-refractivity contribution in [3.63, 3.8) is 0 Å². The van der Waals surface area contributed by atoms with Crippen LogP contribution in [0.1, 0.15) is 25.8 Å². The molecule has 2 aromatic rings. The van der Waals surface area contributed by atoms with Gasteiger partial charge in [0.25, 0.3) is 0 Å². The summed E-state index contributed by atoms with van der Waals surface area (Å²) >= 11 is 1.72. The zero-order chi connectivity index (χ0) is 12.6. The van der Waals surface area contributed by atoms with Gasteiger partial charge in [-0.1, -0.05) is 0 Å². The van der Waals surface area contributed by atoms with Crippen LogP contribution in [0, 0.1) is 6.92 Å². The highest BCUT2D eigenvalue weighted by Crippen LogP contribution is 2.33. The Kier molecular flexibility index (Phi) is 3.05. The van der Waals surface area contributed by atoms with Gasteiger partial charge in [0, 0.05) is 17.1 Å². The smallest absolute Gasteiger partial charge is 0.288 e. The minimum atomic E-state index is -4.49. The number of nitrogens with zero attached hydrogens (tertiary/aromatic N) is 1. The van der Waals surface area contributed by atoms with E-state index in [1.807, 2.05) is 0 Å². The van der Waals surface area contributed by atoms with Gasteiger partial charge < -0.3 is 0 Å². The van der Waals surface area contributed by atoms with Crippen LogP contribution in [0.5, 0.6) is 0 Å². The average molecular weight is 277 g/mol. The van der Waals surface area contributed by atoms with Gasteiger partial charge in [0.15, 0.2) is 5.01 Å². The lowest BCUT2D eigenvalue weighted by Gasteiger charge is -1.99. The van der Waals surface area contributed by atoms with Gasteiger partial charge in [-0.25, -0.2) is 4.98 Å². The molecule has 90 valence electrons. The summed E-state index contributed by atoms with van der Waals surface area (Å²) in [6, 6.07) is 0. The molecular formula is C10H6F3NOS2. The van der Waals surface area contributed by atoms with Crippen molar-refractivity contribution in [2.75, 3.05) is 0 Å². The Bertz CT molecular complexity index is 556. The van der Waals surface area contributed by atoms with Crippen molar-refractivity contribution in [2.45, 2.75) is 13.1 Å². The fraction of sp³-hybridized carbons (Fsp3) is 0.200. The normalized spacial score (nSPS) is 11.8. The minimum absolute atomic E-state index is 0.0128. The van der Waals surface area contributed by atoms with E-state index in [2.05, 4.69) is 4.98 Å². The largest absolute Gasteiger partial charge is 0.443 e. The van der Waals surface area contributed by atoms with Crippen molar-refractivity contribution in [2.24, 2.45) is 0 Å². The maximum atomic E-state index is 12.3. The first kappa shape index (κ1) is 12.3. The first-order chi connectivity index (χ1) is 7.89. The molecule has 0 fully saturated rings. The van der Waals surface area contributed by atoms with E-state index >= 15 is 0 Å². The molecule has 0 unspecified atom stereocenters. The molecular weight excluding hydrogens is 271 g/mol. The van der Waals surface area contributed by atoms with Crippen LogP contribution < -0.4 is 0 Å². The molecule has 2 aromatic heterocycles. The number of rotatable bonds is 2.